The second kappa shape index (κ2) is 4.65. The Morgan fingerprint density at radius 1 is 1.59 bits per heavy atom. The Labute approximate surface area is 101 Å². The lowest BCUT2D eigenvalue weighted by Gasteiger charge is -2.14. The molecule has 3 atom stereocenters. The molecule has 0 aliphatic carbocycles. The number of nitrogens with one attached hydrogen (secondary N) is 1. The van der Waals surface area contributed by atoms with Gasteiger partial charge in [-0.1, -0.05) is 0 Å². The van der Waals surface area contributed by atoms with Crippen molar-refractivity contribution >= 4 is 12.6 Å². The van der Waals surface area contributed by atoms with E-state index in [2.05, 4.69) is 17.6 Å². The molecule has 1 aromatic rings. The van der Waals surface area contributed by atoms with Crippen LogP contribution in [0, 0.1) is 0 Å². The van der Waals surface area contributed by atoms with E-state index >= 15 is 0 Å². The standard InChI is InChI=1S/C9H12N2O5S/c12-3-5-4(13)1-7(16-5)11-2-6(17)8(14)10-9(11)15/h2,4-5,7,12-13,17H,1,3H2,(H,10,14,15)/t4?,5-,7-/m0/s1. The molecule has 7 nitrogen and oxygen atoms in total. The number of H-pyrrole nitrogens is 1. The van der Waals surface area contributed by atoms with E-state index in [0.29, 0.717) is 0 Å². The average molecular weight is 260 g/mol. The van der Waals surface area contributed by atoms with Gasteiger partial charge in [0.2, 0.25) is 0 Å². The number of aliphatic hydroxyl groups is 2. The molecule has 0 amide bonds. The zero-order valence-corrected chi connectivity index (χ0v) is 9.63. The fourth-order valence-electron chi connectivity index (χ4n) is 1.74. The van der Waals surface area contributed by atoms with Crippen molar-refractivity contribution in [2.45, 2.75) is 29.8 Å². The fraction of sp³-hybridized carbons (Fsp3) is 0.556. The molecule has 0 bridgehead atoms. The molecule has 0 radical (unpaired) electrons. The molecule has 1 unspecified atom stereocenters. The van der Waals surface area contributed by atoms with E-state index in [-0.39, 0.29) is 17.9 Å². The number of nitrogens with zero attached hydrogens (tertiary/aromatic N) is 1. The SMILES string of the molecule is O=c1[nH]c(=O)n([C@@H]2CC(O)[C@H](CO)O2)cc1S. The molecule has 17 heavy (non-hydrogen) atoms. The first kappa shape index (κ1) is 12.4. The quantitative estimate of drug-likeness (QED) is 0.483. The van der Waals surface area contributed by atoms with E-state index in [1.165, 1.54) is 6.20 Å². The van der Waals surface area contributed by atoms with Crippen molar-refractivity contribution in [3.63, 3.8) is 0 Å². The first-order valence-electron chi connectivity index (χ1n) is 5.01. The highest BCUT2D eigenvalue weighted by Gasteiger charge is 2.34. The maximum Gasteiger partial charge on any atom is 0.330 e. The molecule has 1 aliphatic heterocycles. The van der Waals surface area contributed by atoms with Gasteiger partial charge in [-0.05, 0) is 0 Å². The van der Waals surface area contributed by atoms with Gasteiger partial charge in [0.25, 0.3) is 5.56 Å². The van der Waals surface area contributed by atoms with Crippen LogP contribution in [0.4, 0.5) is 0 Å². The minimum Gasteiger partial charge on any atom is -0.394 e. The van der Waals surface area contributed by atoms with Gasteiger partial charge >= 0.3 is 5.69 Å². The van der Waals surface area contributed by atoms with Crippen molar-refractivity contribution in [3.05, 3.63) is 27.0 Å². The van der Waals surface area contributed by atoms with Gasteiger partial charge in [0, 0.05) is 12.6 Å². The molecule has 1 fully saturated rings. The third-order valence-corrected chi connectivity index (χ3v) is 2.96. The average Bonchev–Trinajstić information content (AvgIpc) is 2.65. The lowest BCUT2D eigenvalue weighted by atomic mass is 10.2. The molecule has 1 aliphatic rings. The van der Waals surface area contributed by atoms with Crippen molar-refractivity contribution in [3.8, 4) is 0 Å². The normalized spacial score (nSPS) is 28.5. The highest BCUT2D eigenvalue weighted by molar-refractivity contribution is 7.80. The molecule has 0 saturated carbocycles. The number of aromatic amines is 1. The number of hydrogen-bond acceptors (Lipinski definition) is 6. The Morgan fingerprint density at radius 2 is 2.29 bits per heavy atom. The van der Waals surface area contributed by atoms with Crippen molar-refractivity contribution in [1.29, 1.82) is 0 Å². The van der Waals surface area contributed by atoms with Gasteiger partial charge in [-0.3, -0.25) is 14.3 Å². The van der Waals surface area contributed by atoms with Gasteiger partial charge in [-0.15, -0.1) is 12.6 Å². The van der Waals surface area contributed by atoms with Gasteiger partial charge in [-0.2, -0.15) is 0 Å². The molecule has 0 spiro atoms. The Morgan fingerprint density at radius 3 is 2.88 bits per heavy atom. The first-order chi connectivity index (χ1) is 8.02. The van der Waals surface area contributed by atoms with Gasteiger partial charge in [0.05, 0.1) is 17.6 Å². The van der Waals surface area contributed by atoms with Gasteiger partial charge in [0.1, 0.15) is 12.3 Å². The molecule has 94 valence electrons. The Bertz CT molecular complexity index is 525. The smallest absolute Gasteiger partial charge is 0.330 e. The zero-order chi connectivity index (χ0) is 12.6. The number of hydrogen-bond donors (Lipinski definition) is 4. The van der Waals surface area contributed by atoms with E-state index in [4.69, 9.17) is 9.84 Å². The third kappa shape index (κ3) is 2.29. The summed E-state index contributed by atoms with van der Waals surface area (Å²) in [7, 11) is 0. The molecule has 8 heteroatoms. The van der Waals surface area contributed by atoms with Crippen LogP contribution in [0.3, 0.4) is 0 Å². The number of rotatable bonds is 2. The monoisotopic (exact) mass is 260 g/mol. The van der Waals surface area contributed by atoms with Crippen molar-refractivity contribution < 1.29 is 14.9 Å². The largest absolute Gasteiger partial charge is 0.394 e. The van der Waals surface area contributed by atoms with Gasteiger partial charge < -0.3 is 14.9 Å². The minimum absolute atomic E-state index is 0.0788. The lowest BCUT2D eigenvalue weighted by molar-refractivity contribution is -0.0461. The molecule has 2 heterocycles. The summed E-state index contributed by atoms with van der Waals surface area (Å²) in [6.45, 7) is -0.330. The zero-order valence-electron chi connectivity index (χ0n) is 8.74. The number of ether oxygens (including phenoxy) is 1. The minimum atomic E-state index is -0.841. The van der Waals surface area contributed by atoms with Crippen LogP contribution in [0.1, 0.15) is 12.6 Å². The highest BCUT2D eigenvalue weighted by Crippen LogP contribution is 2.27. The topological polar surface area (TPSA) is 105 Å². The number of thiol groups is 1. The molecule has 0 aromatic carbocycles. The van der Waals surface area contributed by atoms with Crippen LogP contribution in [-0.4, -0.2) is 38.6 Å². The second-order valence-corrected chi connectivity index (χ2v) is 4.28. The molecule has 1 aromatic heterocycles. The van der Waals surface area contributed by atoms with Crippen LogP contribution in [-0.2, 0) is 4.74 Å². The number of aromatic nitrogens is 2. The summed E-state index contributed by atoms with van der Waals surface area (Å²) in [4.78, 5) is 24.8. The fourth-order valence-corrected chi connectivity index (χ4v) is 1.92. The summed E-state index contributed by atoms with van der Waals surface area (Å²) in [6, 6.07) is 0. The van der Waals surface area contributed by atoms with Crippen molar-refractivity contribution in [2.75, 3.05) is 6.61 Å². The third-order valence-electron chi connectivity index (χ3n) is 2.64. The van der Waals surface area contributed by atoms with Crippen LogP contribution in [0.5, 0.6) is 0 Å². The summed E-state index contributed by atoms with van der Waals surface area (Å²) in [5.74, 6) is 0. The second-order valence-electron chi connectivity index (χ2n) is 3.80. The predicted octanol–water partition coefficient (Wildman–Crippen LogP) is -1.53. The molecule has 3 N–H and O–H groups in total. The Hall–Kier alpha value is -1.09. The van der Waals surface area contributed by atoms with Crippen LogP contribution in [0.15, 0.2) is 20.7 Å². The van der Waals surface area contributed by atoms with Crippen molar-refractivity contribution in [2.24, 2.45) is 0 Å². The summed E-state index contributed by atoms with van der Waals surface area (Å²) in [5, 5.41) is 18.5. The van der Waals surface area contributed by atoms with Crippen molar-refractivity contribution in [1.82, 2.24) is 9.55 Å². The van der Waals surface area contributed by atoms with Gasteiger partial charge in [0.15, 0.2) is 0 Å². The summed E-state index contributed by atoms with van der Waals surface area (Å²) < 4.78 is 6.43. The first-order valence-corrected chi connectivity index (χ1v) is 5.46. The van der Waals surface area contributed by atoms with Crippen LogP contribution < -0.4 is 11.2 Å². The van der Waals surface area contributed by atoms with E-state index < -0.39 is 29.7 Å². The van der Waals surface area contributed by atoms with Gasteiger partial charge in [-0.25, -0.2) is 4.79 Å². The van der Waals surface area contributed by atoms with Crippen LogP contribution in [0.2, 0.25) is 0 Å². The maximum atomic E-state index is 11.5. The van der Waals surface area contributed by atoms with E-state index in [0.717, 1.165) is 4.57 Å². The van der Waals surface area contributed by atoms with E-state index in [9.17, 15) is 14.7 Å². The maximum absolute atomic E-state index is 11.5. The van der Waals surface area contributed by atoms with Crippen LogP contribution >= 0.6 is 12.6 Å². The Kier molecular flexibility index (Phi) is 3.38. The summed E-state index contributed by atoms with van der Waals surface area (Å²) in [6.07, 6.45) is -0.849. The number of aliphatic hydroxyl groups excluding tert-OH is 2. The van der Waals surface area contributed by atoms with E-state index in [1.54, 1.807) is 0 Å². The molecule has 1 saturated heterocycles. The molecule has 2 rings (SSSR count). The predicted molar refractivity (Wildman–Crippen MR) is 60.2 cm³/mol. The molecular formula is C9H12N2O5S. The summed E-state index contributed by atoms with van der Waals surface area (Å²) >= 11 is 3.90. The van der Waals surface area contributed by atoms with E-state index in [1.807, 2.05) is 0 Å². The highest BCUT2D eigenvalue weighted by atomic mass is 32.1. The molecular weight excluding hydrogens is 248 g/mol. The summed E-state index contributed by atoms with van der Waals surface area (Å²) in [5.41, 5.74) is -1.21. The van der Waals surface area contributed by atoms with Crippen LogP contribution in [0.25, 0.3) is 0 Å². The lowest BCUT2D eigenvalue weighted by Crippen LogP contribution is -2.32. The Balaban J connectivity index is 2.34.